The Balaban J connectivity index is 0.000000781. The summed E-state index contributed by atoms with van der Waals surface area (Å²) in [6, 6.07) is 12.4. The number of carboxylic acid groups (broad SMARTS) is 1. The maximum Gasteiger partial charge on any atom is 0.317 e. The average molecular weight is 743 g/mol. The van der Waals surface area contributed by atoms with Crippen LogP contribution in [0.1, 0.15) is 88.0 Å². The molecule has 53 heavy (non-hydrogen) atoms. The molecule has 3 rings (SSSR count). The van der Waals surface area contributed by atoms with E-state index < -0.39 is 5.97 Å². The van der Waals surface area contributed by atoms with Gasteiger partial charge in [-0.05, 0) is 102 Å². The van der Waals surface area contributed by atoms with Gasteiger partial charge in [0.2, 0.25) is 12.8 Å². The molecule has 0 atom stereocenters. The molecule has 7 N–H and O–H groups in total. The highest BCUT2D eigenvalue weighted by Gasteiger charge is 2.23. The van der Waals surface area contributed by atoms with Crippen LogP contribution in [0, 0.1) is 20.8 Å². The lowest BCUT2D eigenvalue weighted by Crippen LogP contribution is -2.43. The summed E-state index contributed by atoms with van der Waals surface area (Å²) >= 11 is 0. The first-order valence-electron chi connectivity index (χ1n) is 19.1. The minimum Gasteiger partial charge on any atom is -0.507 e. The number of hydrogen-bond acceptors (Lipinski definition) is 9. The van der Waals surface area contributed by atoms with Gasteiger partial charge in [0.05, 0.1) is 6.54 Å². The molecule has 0 saturated carbocycles. The van der Waals surface area contributed by atoms with Crippen molar-refractivity contribution >= 4 is 24.5 Å². The van der Waals surface area contributed by atoms with E-state index in [0.29, 0.717) is 37.2 Å². The molecule has 0 bridgehead atoms. The number of unbranched alkanes of at least 4 members (excludes halogenated alkanes) is 2. The fourth-order valence-electron chi connectivity index (χ4n) is 5.87. The van der Waals surface area contributed by atoms with Gasteiger partial charge in [-0.2, -0.15) is 0 Å². The number of allylic oxidation sites excluding steroid dienone is 1. The van der Waals surface area contributed by atoms with Gasteiger partial charge in [0, 0.05) is 51.0 Å². The zero-order valence-electron chi connectivity index (χ0n) is 33.6. The van der Waals surface area contributed by atoms with E-state index in [9.17, 15) is 24.6 Å². The number of anilines is 1. The molecule has 0 aliphatic carbocycles. The second kappa shape index (κ2) is 30.3. The van der Waals surface area contributed by atoms with Crippen LogP contribution in [0.5, 0.6) is 5.75 Å². The Morgan fingerprint density at radius 1 is 0.943 bits per heavy atom. The van der Waals surface area contributed by atoms with Gasteiger partial charge >= 0.3 is 5.97 Å². The summed E-state index contributed by atoms with van der Waals surface area (Å²) in [6.45, 7) is 17.7. The number of likely N-dealkylation sites (tertiary alicyclic amines) is 1. The van der Waals surface area contributed by atoms with E-state index in [-0.39, 0.29) is 6.54 Å². The lowest BCUT2D eigenvalue weighted by molar-refractivity contribution is -0.138. The minimum atomic E-state index is -0.773. The van der Waals surface area contributed by atoms with Crippen molar-refractivity contribution in [3.05, 3.63) is 70.6 Å². The van der Waals surface area contributed by atoms with Crippen molar-refractivity contribution in [3.8, 4) is 5.75 Å². The van der Waals surface area contributed by atoms with Crippen molar-refractivity contribution in [2.75, 3.05) is 64.7 Å². The highest BCUT2D eigenvalue weighted by atomic mass is 16.4. The number of aliphatic carboxylic acids is 1. The summed E-state index contributed by atoms with van der Waals surface area (Å²) in [4.78, 5) is 36.9. The first kappa shape index (κ1) is 48.9. The molecule has 1 heterocycles. The van der Waals surface area contributed by atoms with Gasteiger partial charge in [0.15, 0.2) is 5.88 Å². The molecule has 300 valence electrons. The number of likely N-dealkylation sites (N-methyl/N-ethyl adjacent to an activating group) is 1. The number of aliphatic hydroxyl groups is 1. The molecular weight excluding hydrogens is 672 g/mol. The molecule has 12 heteroatoms. The highest BCUT2D eigenvalue weighted by molar-refractivity contribution is 5.73. The van der Waals surface area contributed by atoms with Crippen LogP contribution >= 0.6 is 0 Å². The molecule has 0 spiro atoms. The maximum absolute atomic E-state index is 10.7. The summed E-state index contributed by atoms with van der Waals surface area (Å²) in [5, 5.41) is 33.2. The lowest BCUT2D eigenvalue weighted by Gasteiger charge is -2.37. The molecule has 2 aromatic rings. The van der Waals surface area contributed by atoms with E-state index in [4.69, 9.17) is 10.8 Å². The molecule has 0 unspecified atom stereocenters. The largest absolute Gasteiger partial charge is 0.507 e. The Morgan fingerprint density at radius 2 is 1.58 bits per heavy atom. The molecule has 1 aliphatic rings. The van der Waals surface area contributed by atoms with E-state index in [0.717, 1.165) is 113 Å². The Hall–Kier alpha value is -4.13. The number of carboxylic acids is 1. The minimum absolute atomic E-state index is 0.112. The SMILES string of the molecule is CC/C=C(/O)N1CCC(N(C)CCc2ccccc2NC=O)CC1.CCCCCN(CCN)CC(=O)O.CCCNC=O.Cc1cc(C)c(O)c(C)c1. The fraction of sp³-hybridized carbons (Fsp3) is 0.585. The molecular formula is C41H70N6O6. The first-order chi connectivity index (χ1) is 25.4. The van der Waals surface area contributed by atoms with Gasteiger partial charge in [-0.1, -0.05) is 69.5 Å². The summed E-state index contributed by atoms with van der Waals surface area (Å²) in [5.74, 6) is 0.0722. The number of hydrogen-bond donors (Lipinski definition) is 6. The molecule has 2 aromatic carbocycles. The smallest absolute Gasteiger partial charge is 0.317 e. The van der Waals surface area contributed by atoms with Gasteiger partial charge in [-0.3, -0.25) is 19.3 Å². The number of benzene rings is 2. The Kier molecular flexibility index (Phi) is 28.0. The Morgan fingerprint density at radius 3 is 2.09 bits per heavy atom. The summed E-state index contributed by atoms with van der Waals surface area (Å²) in [5.41, 5.74) is 10.5. The van der Waals surface area contributed by atoms with Crippen molar-refractivity contribution < 1.29 is 29.7 Å². The van der Waals surface area contributed by atoms with Crippen molar-refractivity contribution in [1.29, 1.82) is 0 Å². The van der Waals surface area contributed by atoms with Gasteiger partial charge in [-0.25, -0.2) is 0 Å². The number of aliphatic hydroxyl groups excluding tert-OH is 1. The van der Waals surface area contributed by atoms with Crippen molar-refractivity contribution in [3.63, 3.8) is 0 Å². The number of aryl methyl sites for hydroxylation is 3. The third kappa shape index (κ3) is 22.5. The topological polar surface area (TPSA) is 172 Å². The second-order valence-electron chi connectivity index (χ2n) is 13.3. The van der Waals surface area contributed by atoms with Gasteiger partial charge in [-0.15, -0.1) is 0 Å². The predicted molar refractivity (Wildman–Crippen MR) is 217 cm³/mol. The molecule has 0 radical (unpaired) electrons. The number of rotatable bonds is 19. The number of piperidine rings is 1. The molecule has 0 aromatic heterocycles. The van der Waals surface area contributed by atoms with Crippen LogP contribution in [0.3, 0.4) is 0 Å². The zero-order chi connectivity index (χ0) is 40.0. The zero-order valence-corrected chi connectivity index (χ0v) is 33.6. The van der Waals surface area contributed by atoms with E-state index >= 15 is 0 Å². The number of carbonyl (C=O) groups excluding carboxylic acids is 2. The number of carbonyl (C=O) groups is 3. The monoisotopic (exact) mass is 743 g/mol. The number of phenolic OH excluding ortho intramolecular Hbond substituents is 1. The average Bonchev–Trinajstić information content (AvgIpc) is 3.13. The van der Waals surface area contributed by atoms with Crippen LogP contribution in [0.25, 0.3) is 0 Å². The van der Waals surface area contributed by atoms with E-state index in [2.05, 4.69) is 40.5 Å². The number of para-hydroxylation sites is 1. The number of nitrogens with zero attached hydrogens (tertiary/aromatic N) is 3. The molecule has 12 nitrogen and oxygen atoms in total. The number of amides is 2. The molecule has 1 aliphatic heterocycles. The van der Waals surface area contributed by atoms with Crippen LogP contribution in [-0.4, -0.2) is 114 Å². The Bertz CT molecular complexity index is 1290. The van der Waals surface area contributed by atoms with Crippen LogP contribution in [0.4, 0.5) is 5.69 Å². The van der Waals surface area contributed by atoms with Crippen molar-refractivity contribution in [2.24, 2.45) is 5.73 Å². The number of phenols is 1. The van der Waals surface area contributed by atoms with Crippen molar-refractivity contribution in [1.82, 2.24) is 20.0 Å². The molecule has 2 amide bonds. The number of nitrogens with one attached hydrogen (secondary N) is 2. The normalized spacial score (nSPS) is 12.8. The summed E-state index contributed by atoms with van der Waals surface area (Å²) in [7, 11) is 2.16. The predicted octanol–water partition coefficient (Wildman–Crippen LogP) is 5.98. The van der Waals surface area contributed by atoms with Gasteiger partial charge < -0.3 is 41.5 Å². The van der Waals surface area contributed by atoms with Gasteiger partial charge in [0.25, 0.3) is 0 Å². The third-order valence-corrected chi connectivity index (χ3v) is 8.76. The van der Waals surface area contributed by atoms with Gasteiger partial charge in [0.1, 0.15) is 5.75 Å². The summed E-state index contributed by atoms with van der Waals surface area (Å²) in [6.07, 6.45) is 11.6. The fourth-order valence-corrected chi connectivity index (χ4v) is 5.87. The third-order valence-electron chi connectivity index (χ3n) is 8.76. The quantitative estimate of drug-likeness (QED) is 0.0571. The number of nitrogens with two attached hydrogens (primary N) is 1. The standard InChI is InChI=1S/C19H29N3O2.C9H20N2O2.C9H12O.C4H9NO/c1-3-6-19(24)22-13-10-17(11-14-22)21(2)12-9-16-7-4-5-8-18(16)20-15-23;1-2-3-4-6-11(7-5-10)8-9(12)13;1-6-4-7(2)9(10)8(3)5-6;1-2-3-5-4-6/h4-8,15,17,24H,3,9-14H2,1-2H3,(H,20,23);2-8,10H2,1H3,(H,12,13);4-5,10H,1-3H3;4H,2-3H2,1H3,(H,5,6)/b19-6+;;;. The van der Waals surface area contributed by atoms with Crippen LogP contribution in [0.2, 0.25) is 0 Å². The Labute approximate surface area is 319 Å². The highest BCUT2D eigenvalue weighted by Crippen LogP contribution is 2.22. The van der Waals surface area contributed by atoms with E-state index in [1.54, 1.807) is 0 Å². The van der Waals surface area contributed by atoms with Crippen LogP contribution in [-0.2, 0) is 20.8 Å². The van der Waals surface area contributed by atoms with Crippen LogP contribution < -0.4 is 16.4 Å². The molecule has 1 saturated heterocycles. The second-order valence-corrected chi connectivity index (χ2v) is 13.3. The lowest BCUT2D eigenvalue weighted by atomic mass is 10.0. The first-order valence-corrected chi connectivity index (χ1v) is 19.1. The van der Waals surface area contributed by atoms with E-state index in [1.807, 2.05) is 75.9 Å². The van der Waals surface area contributed by atoms with Crippen molar-refractivity contribution in [2.45, 2.75) is 99.0 Å². The van der Waals surface area contributed by atoms with E-state index in [1.165, 1.54) is 5.56 Å². The summed E-state index contributed by atoms with van der Waals surface area (Å²) < 4.78 is 0. The molecule has 1 fully saturated rings. The maximum atomic E-state index is 10.7. The number of aromatic hydroxyl groups is 1. The van der Waals surface area contributed by atoms with Crippen LogP contribution in [0.15, 0.2) is 48.4 Å².